The van der Waals surface area contributed by atoms with E-state index in [2.05, 4.69) is 138 Å². The predicted molar refractivity (Wildman–Crippen MR) is 170 cm³/mol. The van der Waals surface area contributed by atoms with Crippen molar-refractivity contribution in [2.45, 2.75) is 0 Å². The Kier molecular flexibility index (Phi) is 5.35. The van der Waals surface area contributed by atoms with Gasteiger partial charge in [-0.3, -0.25) is 4.40 Å². The zero-order valence-electron chi connectivity index (χ0n) is 21.7. The van der Waals surface area contributed by atoms with E-state index in [1.54, 1.807) is 0 Å². The summed E-state index contributed by atoms with van der Waals surface area (Å²) in [6, 6.07) is 49.8. The molecular weight excluding hydrogens is 504 g/mol. The number of aromatic nitrogens is 2. The molecule has 3 heterocycles. The van der Waals surface area contributed by atoms with E-state index in [1.165, 1.54) is 42.4 Å². The first-order valence-corrected chi connectivity index (χ1v) is 14.3. The molecule has 40 heavy (non-hydrogen) atoms. The molecule has 5 aromatic carbocycles. The summed E-state index contributed by atoms with van der Waals surface area (Å²) in [4.78, 5) is 5.03. The van der Waals surface area contributed by atoms with Gasteiger partial charge in [0, 0.05) is 37.5 Å². The summed E-state index contributed by atoms with van der Waals surface area (Å²) in [5, 5.41) is 2.65. The number of hydrogen-bond acceptors (Lipinski definition) is 2. The van der Waals surface area contributed by atoms with Gasteiger partial charge in [-0.15, -0.1) is 11.3 Å². The molecule has 3 aromatic heterocycles. The third-order valence-electron chi connectivity index (χ3n) is 7.62. The second kappa shape index (κ2) is 9.33. The van der Waals surface area contributed by atoms with E-state index in [1.807, 2.05) is 23.5 Å². The Bertz CT molecular complexity index is 2170. The molecule has 0 aliphatic rings. The molecule has 0 aliphatic heterocycles. The number of thiophene rings is 1. The minimum absolute atomic E-state index is 0.945. The zero-order valence-corrected chi connectivity index (χ0v) is 22.5. The van der Waals surface area contributed by atoms with Crippen LogP contribution >= 0.6 is 11.3 Å². The lowest BCUT2D eigenvalue weighted by molar-refractivity contribution is 1.19. The van der Waals surface area contributed by atoms with E-state index >= 15 is 0 Å². The maximum Gasteiger partial charge on any atom is 0.137 e. The molecule has 0 atom stereocenters. The van der Waals surface area contributed by atoms with Crippen LogP contribution in [0.15, 0.2) is 146 Å². The van der Waals surface area contributed by atoms with Crippen LogP contribution in [0.25, 0.3) is 70.6 Å². The highest BCUT2D eigenvalue weighted by molar-refractivity contribution is 7.26. The average Bonchev–Trinajstić information content (AvgIpc) is 3.61. The van der Waals surface area contributed by atoms with Crippen molar-refractivity contribution in [1.82, 2.24) is 9.38 Å². The standard InChI is InChI=1S/C37H24N2S/c1-2-11-25(12-3-1)35-36(39-22-7-6-21-34(39)38-35)29-16-9-14-27(24-29)26-13-8-15-28(23-26)30-18-10-19-32-31-17-4-5-20-33(31)40-37(30)32/h1-24H. The lowest BCUT2D eigenvalue weighted by atomic mass is 9.96. The molecule has 3 heteroatoms. The summed E-state index contributed by atoms with van der Waals surface area (Å²) in [5.41, 5.74) is 10.2. The van der Waals surface area contributed by atoms with Crippen molar-refractivity contribution in [1.29, 1.82) is 0 Å². The van der Waals surface area contributed by atoms with Crippen molar-refractivity contribution >= 4 is 37.2 Å². The number of rotatable bonds is 4. The quantitative estimate of drug-likeness (QED) is 0.222. The Hall–Kier alpha value is -4.99. The summed E-state index contributed by atoms with van der Waals surface area (Å²) in [6.07, 6.45) is 2.10. The molecule has 0 aliphatic carbocycles. The Morgan fingerprint density at radius 1 is 0.500 bits per heavy atom. The number of nitrogens with zero attached hydrogens (tertiary/aromatic N) is 2. The molecule has 0 saturated carbocycles. The summed E-state index contributed by atoms with van der Waals surface area (Å²) >= 11 is 1.88. The van der Waals surface area contributed by atoms with Crippen LogP contribution < -0.4 is 0 Å². The molecule has 0 amide bonds. The number of hydrogen-bond donors (Lipinski definition) is 0. The Morgan fingerprint density at radius 3 is 2.02 bits per heavy atom. The van der Waals surface area contributed by atoms with E-state index < -0.39 is 0 Å². The van der Waals surface area contributed by atoms with Crippen molar-refractivity contribution in [3.63, 3.8) is 0 Å². The second-order valence-electron chi connectivity index (χ2n) is 10.0. The highest BCUT2D eigenvalue weighted by Gasteiger charge is 2.17. The fraction of sp³-hybridized carbons (Fsp3) is 0. The lowest BCUT2D eigenvalue weighted by Crippen LogP contribution is -1.90. The van der Waals surface area contributed by atoms with Crippen molar-refractivity contribution in [2.75, 3.05) is 0 Å². The van der Waals surface area contributed by atoms with E-state index in [-0.39, 0.29) is 0 Å². The minimum Gasteiger partial charge on any atom is -0.299 e. The van der Waals surface area contributed by atoms with Gasteiger partial charge in [0.05, 0.1) is 11.4 Å². The van der Waals surface area contributed by atoms with Gasteiger partial charge in [0.1, 0.15) is 5.65 Å². The summed E-state index contributed by atoms with van der Waals surface area (Å²) in [5.74, 6) is 0. The number of benzene rings is 5. The van der Waals surface area contributed by atoms with Gasteiger partial charge in [0.25, 0.3) is 0 Å². The predicted octanol–water partition coefficient (Wildman–Crippen LogP) is 10.4. The SMILES string of the molecule is c1ccc(-c2nc3ccccn3c2-c2cccc(-c3cccc(-c4cccc5c4sc4ccccc45)c3)c2)cc1. The molecule has 0 unspecified atom stereocenters. The maximum atomic E-state index is 5.03. The van der Waals surface area contributed by atoms with Crippen LogP contribution in [0.2, 0.25) is 0 Å². The molecular formula is C37H24N2S. The number of imidazole rings is 1. The first kappa shape index (κ1) is 22.9. The monoisotopic (exact) mass is 528 g/mol. The highest BCUT2D eigenvalue weighted by Crippen LogP contribution is 2.41. The number of pyridine rings is 1. The number of fused-ring (bicyclic) bond motifs is 4. The third kappa shape index (κ3) is 3.75. The van der Waals surface area contributed by atoms with Crippen LogP contribution in [0, 0.1) is 0 Å². The summed E-state index contributed by atoms with van der Waals surface area (Å²) in [7, 11) is 0. The van der Waals surface area contributed by atoms with Crippen LogP contribution in [0.1, 0.15) is 0 Å². The van der Waals surface area contributed by atoms with Crippen molar-refractivity contribution < 1.29 is 0 Å². The summed E-state index contributed by atoms with van der Waals surface area (Å²) < 4.78 is 4.86. The summed E-state index contributed by atoms with van der Waals surface area (Å²) in [6.45, 7) is 0. The van der Waals surface area contributed by atoms with E-state index in [4.69, 9.17) is 4.98 Å². The Balaban J connectivity index is 1.27. The Labute approximate surface area is 236 Å². The molecule has 0 N–H and O–H groups in total. The molecule has 0 fully saturated rings. The van der Waals surface area contributed by atoms with Crippen LogP contribution in [0.4, 0.5) is 0 Å². The molecule has 8 aromatic rings. The van der Waals surface area contributed by atoms with Crippen LogP contribution in [-0.4, -0.2) is 9.38 Å². The molecule has 0 bridgehead atoms. The first-order valence-electron chi connectivity index (χ1n) is 13.5. The molecule has 188 valence electrons. The highest BCUT2D eigenvalue weighted by atomic mass is 32.1. The average molecular weight is 529 g/mol. The third-order valence-corrected chi connectivity index (χ3v) is 8.84. The molecule has 8 rings (SSSR count). The minimum atomic E-state index is 0.945. The topological polar surface area (TPSA) is 17.3 Å². The van der Waals surface area contributed by atoms with E-state index in [0.29, 0.717) is 0 Å². The van der Waals surface area contributed by atoms with Crippen molar-refractivity contribution in [3.8, 4) is 44.8 Å². The molecule has 0 radical (unpaired) electrons. The van der Waals surface area contributed by atoms with Gasteiger partial charge < -0.3 is 0 Å². The van der Waals surface area contributed by atoms with Gasteiger partial charge in [-0.05, 0) is 52.6 Å². The van der Waals surface area contributed by atoms with Crippen LogP contribution in [0.3, 0.4) is 0 Å². The van der Waals surface area contributed by atoms with Crippen LogP contribution in [0.5, 0.6) is 0 Å². The van der Waals surface area contributed by atoms with Crippen molar-refractivity contribution in [3.05, 3.63) is 146 Å². The fourth-order valence-corrected chi connectivity index (χ4v) is 6.99. The Morgan fingerprint density at radius 2 is 1.15 bits per heavy atom. The van der Waals surface area contributed by atoms with Gasteiger partial charge in [-0.2, -0.15) is 0 Å². The van der Waals surface area contributed by atoms with E-state index in [9.17, 15) is 0 Å². The van der Waals surface area contributed by atoms with Crippen LogP contribution in [-0.2, 0) is 0 Å². The largest absolute Gasteiger partial charge is 0.299 e. The van der Waals surface area contributed by atoms with Gasteiger partial charge in [0.2, 0.25) is 0 Å². The molecule has 2 nitrogen and oxygen atoms in total. The van der Waals surface area contributed by atoms with Gasteiger partial charge in [0.15, 0.2) is 0 Å². The van der Waals surface area contributed by atoms with E-state index in [0.717, 1.165) is 28.2 Å². The zero-order chi connectivity index (χ0) is 26.5. The smallest absolute Gasteiger partial charge is 0.137 e. The van der Waals surface area contributed by atoms with Crippen molar-refractivity contribution in [2.24, 2.45) is 0 Å². The normalized spacial score (nSPS) is 11.5. The second-order valence-corrected chi connectivity index (χ2v) is 11.1. The van der Waals surface area contributed by atoms with Gasteiger partial charge >= 0.3 is 0 Å². The fourth-order valence-electron chi connectivity index (χ4n) is 5.76. The lowest BCUT2D eigenvalue weighted by Gasteiger charge is -2.10. The van der Waals surface area contributed by atoms with Gasteiger partial charge in [-0.25, -0.2) is 4.98 Å². The molecule has 0 saturated heterocycles. The molecule has 0 spiro atoms. The maximum absolute atomic E-state index is 5.03. The first-order chi connectivity index (χ1) is 19.8. The van der Waals surface area contributed by atoms with Gasteiger partial charge in [-0.1, -0.05) is 109 Å².